The number of nitrogens with one attached hydrogen (secondary N) is 1. The Bertz CT molecular complexity index is 236. The third kappa shape index (κ3) is 6.68. The second-order valence-electron chi connectivity index (χ2n) is 2.45. The molecule has 0 aliphatic rings. The molecule has 0 aromatic heterocycles. The van der Waals surface area contributed by atoms with Gasteiger partial charge in [0.2, 0.25) is 0 Å². The normalized spacial score (nSPS) is 8.15. The van der Waals surface area contributed by atoms with Crippen molar-refractivity contribution in [2.45, 2.75) is 6.92 Å². The Morgan fingerprint density at radius 1 is 1.38 bits per heavy atom. The van der Waals surface area contributed by atoms with Crippen molar-refractivity contribution in [3.05, 3.63) is 29.8 Å². The van der Waals surface area contributed by atoms with E-state index in [0.717, 1.165) is 0 Å². The summed E-state index contributed by atoms with van der Waals surface area (Å²) >= 11 is 0. The molecule has 1 aromatic rings. The monoisotopic (exact) mass is 182 g/mol. The number of amides is 2. The molecule has 0 radical (unpaired) electrons. The van der Waals surface area contributed by atoms with E-state index in [1.54, 1.807) is 12.1 Å². The number of phenols is 1. The van der Waals surface area contributed by atoms with Crippen molar-refractivity contribution in [2.75, 3.05) is 7.05 Å². The van der Waals surface area contributed by atoms with Crippen molar-refractivity contribution < 1.29 is 9.90 Å². The van der Waals surface area contributed by atoms with Gasteiger partial charge in [-0.15, -0.1) is 0 Å². The van der Waals surface area contributed by atoms with Crippen LogP contribution in [0, 0.1) is 6.92 Å². The molecule has 1 aromatic carbocycles. The van der Waals surface area contributed by atoms with Gasteiger partial charge in [0.1, 0.15) is 5.75 Å². The SMILES string of the molecule is CNC(N)=O.Cc1ccc(O)cc1. The molecular weight excluding hydrogens is 168 g/mol. The number of nitrogens with two attached hydrogens (primary N) is 1. The summed E-state index contributed by atoms with van der Waals surface area (Å²) in [6, 6.07) is 6.60. The Balaban J connectivity index is 0.000000252. The summed E-state index contributed by atoms with van der Waals surface area (Å²) in [6.07, 6.45) is 0. The molecule has 4 N–H and O–H groups in total. The summed E-state index contributed by atoms with van der Waals surface area (Å²) in [5, 5.41) is 10.9. The molecule has 0 aliphatic carbocycles. The molecule has 0 unspecified atom stereocenters. The van der Waals surface area contributed by atoms with Crippen LogP contribution in [0.3, 0.4) is 0 Å². The van der Waals surface area contributed by atoms with Gasteiger partial charge in [-0.2, -0.15) is 0 Å². The average molecular weight is 182 g/mol. The van der Waals surface area contributed by atoms with Crippen LogP contribution in [0.5, 0.6) is 5.75 Å². The molecule has 2 amide bonds. The van der Waals surface area contributed by atoms with Crippen molar-refractivity contribution in [1.29, 1.82) is 0 Å². The minimum absolute atomic E-state index is 0.329. The lowest BCUT2D eigenvalue weighted by Crippen LogP contribution is -2.24. The number of primary amides is 1. The van der Waals surface area contributed by atoms with Crippen LogP contribution in [0.25, 0.3) is 0 Å². The highest BCUT2D eigenvalue weighted by atomic mass is 16.3. The van der Waals surface area contributed by atoms with Crippen LogP contribution in [0.4, 0.5) is 4.79 Å². The number of carbonyl (C=O) groups excluding carboxylic acids is 1. The molecule has 13 heavy (non-hydrogen) atoms. The number of rotatable bonds is 0. The van der Waals surface area contributed by atoms with Crippen molar-refractivity contribution in [1.82, 2.24) is 5.32 Å². The van der Waals surface area contributed by atoms with E-state index in [2.05, 4.69) is 11.1 Å². The van der Waals surface area contributed by atoms with E-state index in [4.69, 9.17) is 5.11 Å². The lowest BCUT2D eigenvalue weighted by atomic mass is 10.2. The van der Waals surface area contributed by atoms with Crippen molar-refractivity contribution >= 4 is 6.03 Å². The number of hydrogen-bond donors (Lipinski definition) is 3. The zero-order chi connectivity index (χ0) is 10.3. The van der Waals surface area contributed by atoms with Gasteiger partial charge in [-0.1, -0.05) is 17.7 Å². The van der Waals surface area contributed by atoms with Gasteiger partial charge in [0.25, 0.3) is 0 Å². The molecule has 4 nitrogen and oxygen atoms in total. The van der Waals surface area contributed by atoms with E-state index in [9.17, 15) is 4.79 Å². The predicted molar refractivity (Wildman–Crippen MR) is 51.5 cm³/mol. The Kier molecular flexibility index (Phi) is 5.11. The highest BCUT2D eigenvalue weighted by Gasteiger charge is 1.82. The first-order chi connectivity index (χ1) is 6.06. The topological polar surface area (TPSA) is 75.3 Å². The van der Waals surface area contributed by atoms with Crippen LogP contribution in [-0.2, 0) is 0 Å². The maximum atomic E-state index is 9.48. The fourth-order valence-electron chi connectivity index (χ4n) is 0.545. The van der Waals surface area contributed by atoms with E-state index >= 15 is 0 Å². The third-order valence-corrected chi connectivity index (χ3v) is 1.28. The van der Waals surface area contributed by atoms with Crippen LogP contribution in [0.2, 0.25) is 0 Å². The Morgan fingerprint density at radius 2 is 1.77 bits per heavy atom. The quantitative estimate of drug-likeness (QED) is 0.559. The van der Waals surface area contributed by atoms with Gasteiger partial charge in [0, 0.05) is 7.05 Å². The summed E-state index contributed by atoms with van der Waals surface area (Å²) in [4.78, 5) is 9.48. The third-order valence-electron chi connectivity index (χ3n) is 1.28. The molecule has 0 aliphatic heterocycles. The highest BCUT2D eigenvalue weighted by Crippen LogP contribution is 2.07. The van der Waals surface area contributed by atoms with Crippen molar-refractivity contribution in [3.63, 3.8) is 0 Å². The molecule has 72 valence electrons. The first-order valence-electron chi connectivity index (χ1n) is 3.79. The molecular formula is C9H14N2O2. The number of urea groups is 1. The largest absolute Gasteiger partial charge is 0.508 e. The molecule has 4 heteroatoms. The Hall–Kier alpha value is -1.71. The molecule has 0 bridgehead atoms. The average Bonchev–Trinajstić information content (AvgIpc) is 2.11. The summed E-state index contributed by atoms with van der Waals surface area (Å²) in [5.41, 5.74) is 5.71. The minimum Gasteiger partial charge on any atom is -0.508 e. The van der Waals surface area contributed by atoms with Crippen LogP contribution in [-0.4, -0.2) is 18.2 Å². The smallest absolute Gasteiger partial charge is 0.311 e. The van der Waals surface area contributed by atoms with Crippen molar-refractivity contribution in [3.8, 4) is 5.75 Å². The van der Waals surface area contributed by atoms with Gasteiger partial charge in [-0.05, 0) is 19.1 Å². The first kappa shape index (κ1) is 11.3. The molecule has 0 saturated carbocycles. The maximum absolute atomic E-state index is 9.48. The van der Waals surface area contributed by atoms with E-state index < -0.39 is 6.03 Å². The van der Waals surface area contributed by atoms with Crippen LogP contribution >= 0.6 is 0 Å². The van der Waals surface area contributed by atoms with E-state index in [0.29, 0.717) is 5.75 Å². The molecule has 0 atom stereocenters. The molecule has 1 rings (SSSR count). The van der Waals surface area contributed by atoms with Gasteiger partial charge in [-0.25, -0.2) is 4.79 Å². The maximum Gasteiger partial charge on any atom is 0.311 e. The van der Waals surface area contributed by atoms with E-state index in [1.165, 1.54) is 12.6 Å². The molecule has 0 saturated heterocycles. The lowest BCUT2D eigenvalue weighted by Gasteiger charge is -1.89. The fourth-order valence-corrected chi connectivity index (χ4v) is 0.545. The van der Waals surface area contributed by atoms with Crippen molar-refractivity contribution in [2.24, 2.45) is 5.73 Å². The second kappa shape index (κ2) is 5.88. The van der Waals surface area contributed by atoms with E-state index in [-0.39, 0.29) is 0 Å². The van der Waals surface area contributed by atoms with Gasteiger partial charge in [-0.3, -0.25) is 0 Å². The summed E-state index contributed by atoms with van der Waals surface area (Å²) in [6.45, 7) is 1.99. The minimum atomic E-state index is -0.495. The fraction of sp³-hybridized carbons (Fsp3) is 0.222. The molecule has 0 heterocycles. The first-order valence-corrected chi connectivity index (χ1v) is 3.79. The standard InChI is InChI=1S/C7H8O.C2H6N2O/c1-6-2-4-7(8)5-3-6;1-4-2(3)5/h2-5,8H,1H3;1H3,(H3,3,4,5). The predicted octanol–water partition coefficient (Wildman–Crippen LogP) is 0.985. The highest BCUT2D eigenvalue weighted by molar-refractivity contribution is 5.71. The van der Waals surface area contributed by atoms with Gasteiger partial charge in [0.15, 0.2) is 0 Å². The number of hydrogen-bond acceptors (Lipinski definition) is 2. The number of aromatic hydroxyl groups is 1. The number of benzene rings is 1. The van der Waals surface area contributed by atoms with Gasteiger partial charge in [0.05, 0.1) is 0 Å². The van der Waals surface area contributed by atoms with Gasteiger partial charge < -0.3 is 16.2 Å². The van der Waals surface area contributed by atoms with Crippen LogP contribution in [0.15, 0.2) is 24.3 Å². The number of aryl methyl sites for hydroxylation is 1. The summed E-state index contributed by atoms with van der Waals surface area (Å²) < 4.78 is 0. The zero-order valence-corrected chi connectivity index (χ0v) is 7.74. The number of phenolic OH excluding ortho intramolecular Hbond substituents is 1. The van der Waals surface area contributed by atoms with Gasteiger partial charge >= 0.3 is 6.03 Å². The molecule has 0 spiro atoms. The zero-order valence-electron chi connectivity index (χ0n) is 7.74. The van der Waals surface area contributed by atoms with Crippen LogP contribution < -0.4 is 11.1 Å². The summed E-state index contributed by atoms with van der Waals surface area (Å²) in [5.74, 6) is 0.329. The molecule has 0 fully saturated rings. The lowest BCUT2D eigenvalue weighted by molar-refractivity contribution is 0.251. The summed E-state index contributed by atoms with van der Waals surface area (Å²) in [7, 11) is 1.47. The second-order valence-corrected chi connectivity index (χ2v) is 2.45. The Labute approximate surface area is 77.4 Å². The van der Waals surface area contributed by atoms with Crippen LogP contribution in [0.1, 0.15) is 5.56 Å². The van der Waals surface area contributed by atoms with E-state index in [1.807, 2.05) is 19.1 Å². The Morgan fingerprint density at radius 3 is 2.00 bits per heavy atom. The number of carbonyl (C=O) groups is 1.